The number of carboxylic acid groups (broad SMARTS) is 1. The van der Waals surface area contributed by atoms with Crippen molar-refractivity contribution in [1.29, 1.82) is 0 Å². The fraction of sp³-hybridized carbons (Fsp3) is 0.242. The van der Waals surface area contributed by atoms with E-state index in [0.717, 1.165) is 30.3 Å². The van der Waals surface area contributed by atoms with Crippen LogP contribution in [0.15, 0.2) is 66.7 Å². The van der Waals surface area contributed by atoms with Gasteiger partial charge in [-0.2, -0.15) is 0 Å². The first-order valence-corrected chi connectivity index (χ1v) is 14.0. The van der Waals surface area contributed by atoms with Gasteiger partial charge in [0, 0.05) is 18.9 Å². The summed E-state index contributed by atoms with van der Waals surface area (Å²) in [5.74, 6) is -6.03. The molecule has 14 heteroatoms. The summed E-state index contributed by atoms with van der Waals surface area (Å²) in [6.45, 7) is -1.59. The number of rotatable bonds is 10. The van der Waals surface area contributed by atoms with Crippen LogP contribution in [0.5, 0.6) is 23.0 Å². The van der Waals surface area contributed by atoms with Crippen molar-refractivity contribution in [2.45, 2.75) is 42.9 Å². The molecule has 0 aliphatic heterocycles. The summed E-state index contributed by atoms with van der Waals surface area (Å²) in [6.07, 6.45) is -2.64. The van der Waals surface area contributed by atoms with E-state index in [9.17, 15) is 60.3 Å². The van der Waals surface area contributed by atoms with Crippen LogP contribution >= 0.6 is 0 Å². The van der Waals surface area contributed by atoms with Crippen LogP contribution in [0.3, 0.4) is 0 Å². The average Bonchev–Trinajstić information content (AvgIpc) is 3.03. The molecule has 0 aromatic heterocycles. The molecule has 0 spiro atoms. The topological polar surface area (TPSA) is 252 Å². The SMILES string of the molecule is O=C(C=Cc1ccc(O)c(O)c1)O[C@@]1(CO)[C@H](O)C[C@](O)(C(=O)O)C[C@@H]1OC(=O)C(=Cc1ccc(O)c(O)c1)c1cccc(CO)c1. The van der Waals surface area contributed by atoms with E-state index in [-0.39, 0.29) is 22.3 Å². The summed E-state index contributed by atoms with van der Waals surface area (Å²) in [5, 5.41) is 90.7. The highest BCUT2D eigenvalue weighted by atomic mass is 16.6. The Balaban J connectivity index is 1.75. The Morgan fingerprint density at radius 2 is 1.49 bits per heavy atom. The van der Waals surface area contributed by atoms with Crippen molar-refractivity contribution < 1.29 is 69.8 Å². The maximum Gasteiger partial charge on any atom is 0.339 e. The Labute approximate surface area is 266 Å². The molecule has 1 aliphatic carbocycles. The van der Waals surface area contributed by atoms with E-state index in [1.165, 1.54) is 42.5 Å². The number of esters is 2. The fourth-order valence-electron chi connectivity index (χ4n) is 5.08. The predicted molar refractivity (Wildman–Crippen MR) is 162 cm³/mol. The van der Waals surface area contributed by atoms with Crippen molar-refractivity contribution >= 4 is 35.6 Å². The summed E-state index contributed by atoms with van der Waals surface area (Å²) in [6, 6.07) is 13.3. The zero-order valence-electron chi connectivity index (χ0n) is 24.6. The molecule has 9 N–H and O–H groups in total. The lowest BCUT2D eigenvalue weighted by molar-refractivity contribution is -0.246. The van der Waals surface area contributed by atoms with Crippen LogP contribution in [0.4, 0.5) is 0 Å². The van der Waals surface area contributed by atoms with Gasteiger partial charge in [-0.15, -0.1) is 0 Å². The summed E-state index contributed by atoms with van der Waals surface area (Å²) < 4.78 is 11.1. The molecule has 0 heterocycles. The predicted octanol–water partition coefficient (Wildman–Crippen LogP) is 1.41. The number of aliphatic hydroxyl groups excluding tert-OH is 3. The van der Waals surface area contributed by atoms with Gasteiger partial charge < -0.3 is 55.4 Å². The number of aliphatic hydroxyl groups is 4. The maximum absolute atomic E-state index is 13.9. The van der Waals surface area contributed by atoms with Gasteiger partial charge in [0.05, 0.1) is 18.8 Å². The molecule has 4 atom stereocenters. The number of ether oxygens (including phenoxy) is 2. The number of phenolic OH excluding ortho intramolecular Hbond substituents is 4. The van der Waals surface area contributed by atoms with Crippen molar-refractivity contribution in [2.24, 2.45) is 0 Å². The second-order valence-corrected chi connectivity index (χ2v) is 10.9. The molecule has 3 aromatic carbocycles. The zero-order valence-corrected chi connectivity index (χ0v) is 24.6. The molecule has 0 radical (unpaired) electrons. The fourth-order valence-corrected chi connectivity index (χ4v) is 5.08. The molecule has 0 unspecified atom stereocenters. The number of carboxylic acids is 1. The second-order valence-electron chi connectivity index (χ2n) is 10.9. The number of hydrogen-bond donors (Lipinski definition) is 9. The molecule has 0 bridgehead atoms. The lowest BCUT2D eigenvalue weighted by atomic mass is 9.71. The Morgan fingerprint density at radius 1 is 0.851 bits per heavy atom. The molecule has 1 saturated carbocycles. The number of benzene rings is 3. The molecule has 4 rings (SSSR count). The van der Waals surface area contributed by atoms with Crippen LogP contribution in [0.1, 0.15) is 35.1 Å². The van der Waals surface area contributed by atoms with Crippen molar-refractivity contribution in [1.82, 2.24) is 0 Å². The number of carbonyl (C=O) groups excluding carboxylic acids is 2. The number of aromatic hydroxyl groups is 4. The molecular weight excluding hydrogens is 620 g/mol. The first-order chi connectivity index (χ1) is 22.2. The monoisotopic (exact) mass is 652 g/mol. The van der Waals surface area contributed by atoms with Gasteiger partial charge in [-0.1, -0.05) is 30.3 Å². The molecule has 248 valence electrons. The third-order valence-electron chi connectivity index (χ3n) is 7.71. The average molecular weight is 653 g/mol. The second kappa shape index (κ2) is 13.9. The van der Waals surface area contributed by atoms with Crippen LogP contribution < -0.4 is 0 Å². The summed E-state index contributed by atoms with van der Waals surface area (Å²) in [4.78, 5) is 38.8. The number of carbonyl (C=O) groups is 3. The lowest BCUT2D eigenvalue weighted by Crippen LogP contribution is -2.67. The number of phenols is 4. The summed E-state index contributed by atoms with van der Waals surface area (Å²) >= 11 is 0. The van der Waals surface area contributed by atoms with Gasteiger partial charge in [-0.3, -0.25) is 0 Å². The van der Waals surface area contributed by atoms with Gasteiger partial charge in [0.2, 0.25) is 0 Å². The third-order valence-corrected chi connectivity index (χ3v) is 7.71. The van der Waals surface area contributed by atoms with Gasteiger partial charge in [-0.05, 0) is 64.7 Å². The lowest BCUT2D eigenvalue weighted by Gasteiger charge is -2.48. The largest absolute Gasteiger partial charge is 0.504 e. The smallest absolute Gasteiger partial charge is 0.339 e. The third kappa shape index (κ3) is 7.53. The normalized spacial score (nSPS) is 22.9. The number of hydrogen-bond acceptors (Lipinski definition) is 13. The van der Waals surface area contributed by atoms with Crippen LogP contribution in [-0.4, -0.2) is 93.9 Å². The quantitative estimate of drug-likeness (QED) is 0.0650. The minimum Gasteiger partial charge on any atom is -0.504 e. The van der Waals surface area contributed by atoms with Crippen LogP contribution in [0.2, 0.25) is 0 Å². The Morgan fingerprint density at radius 3 is 2.09 bits per heavy atom. The van der Waals surface area contributed by atoms with Crippen LogP contribution in [0.25, 0.3) is 17.7 Å². The van der Waals surface area contributed by atoms with Crippen LogP contribution in [-0.2, 0) is 30.5 Å². The zero-order chi connectivity index (χ0) is 34.5. The minimum absolute atomic E-state index is 0.172. The first kappa shape index (κ1) is 34.5. The highest BCUT2D eigenvalue weighted by Crippen LogP contribution is 2.41. The standard InChI is InChI=1S/C33H32O14/c34-16-20-2-1-3-21(10-20)22(11-19-5-8-24(37)26(39)13-19)30(42)46-28-15-32(45,31(43)44)14-27(40)33(28,17-35)47-29(41)9-6-18-4-7-23(36)25(38)12-18/h1-13,27-28,34-40,45H,14-17H2,(H,43,44)/t27-,28+,32-,33+/m1/s1. The van der Waals surface area contributed by atoms with E-state index in [1.54, 1.807) is 6.07 Å². The number of aliphatic carboxylic acids is 1. The van der Waals surface area contributed by atoms with E-state index in [0.29, 0.717) is 5.56 Å². The molecule has 47 heavy (non-hydrogen) atoms. The summed E-state index contributed by atoms with van der Waals surface area (Å²) in [5.41, 5.74) is -4.42. The maximum atomic E-state index is 13.9. The molecule has 1 fully saturated rings. The van der Waals surface area contributed by atoms with E-state index < -0.39 is 90.4 Å². The van der Waals surface area contributed by atoms with Gasteiger partial charge in [-0.25, -0.2) is 14.4 Å². The van der Waals surface area contributed by atoms with Crippen molar-refractivity contribution in [3.63, 3.8) is 0 Å². The van der Waals surface area contributed by atoms with Gasteiger partial charge >= 0.3 is 17.9 Å². The molecule has 0 saturated heterocycles. The van der Waals surface area contributed by atoms with Gasteiger partial charge in [0.25, 0.3) is 0 Å². The molecule has 0 amide bonds. The summed E-state index contributed by atoms with van der Waals surface area (Å²) in [7, 11) is 0. The van der Waals surface area contributed by atoms with E-state index in [1.807, 2.05) is 0 Å². The van der Waals surface area contributed by atoms with Crippen LogP contribution in [0, 0.1) is 0 Å². The molecule has 1 aliphatic rings. The Kier molecular flexibility index (Phi) is 10.2. The molecule has 14 nitrogen and oxygen atoms in total. The molecular formula is C33H32O14. The van der Waals surface area contributed by atoms with E-state index in [2.05, 4.69) is 0 Å². The Hall–Kier alpha value is -5.41. The van der Waals surface area contributed by atoms with Crippen molar-refractivity contribution in [3.8, 4) is 23.0 Å². The van der Waals surface area contributed by atoms with E-state index >= 15 is 0 Å². The Bertz CT molecular complexity index is 1730. The van der Waals surface area contributed by atoms with Gasteiger partial charge in [0.15, 0.2) is 34.2 Å². The highest BCUT2D eigenvalue weighted by Gasteiger charge is 2.61. The first-order valence-electron chi connectivity index (χ1n) is 14.0. The van der Waals surface area contributed by atoms with E-state index in [4.69, 9.17) is 9.47 Å². The molecule has 3 aromatic rings. The van der Waals surface area contributed by atoms with Gasteiger partial charge in [0.1, 0.15) is 12.2 Å². The van der Waals surface area contributed by atoms with Crippen molar-refractivity contribution in [3.05, 3.63) is 89.0 Å². The highest BCUT2D eigenvalue weighted by molar-refractivity contribution is 6.21. The van der Waals surface area contributed by atoms with Crippen molar-refractivity contribution in [2.75, 3.05) is 6.61 Å². The minimum atomic E-state index is -2.68.